The number of carbonyl (C=O) groups is 1. The van der Waals surface area contributed by atoms with E-state index in [-0.39, 0.29) is 31.4 Å². The molecule has 0 amide bonds. The molecular weight excluding hydrogens is 352 g/mol. The van der Waals surface area contributed by atoms with Crippen molar-refractivity contribution >= 4 is 5.97 Å². The summed E-state index contributed by atoms with van der Waals surface area (Å²) in [6.07, 6.45) is -0.369. The van der Waals surface area contributed by atoms with Crippen LogP contribution < -0.4 is 23.7 Å². The van der Waals surface area contributed by atoms with E-state index in [0.29, 0.717) is 28.7 Å². The largest absolute Gasteiger partial charge is 0.493 e. The Morgan fingerprint density at radius 3 is 2.56 bits per heavy atom. The number of esters is 1. The van der Waals surface area contributed by atoms with Crippen molar-refractivity contribution in [3.05, 3.63) is 41.5 Å². The van der Waals surface area contributed by atoms with Gasteiger partial charge in [-0.05, 0) is 12.1 Å². The number of hydrogen-bond acceptors (Lipinski definition) is 7. The summed E-state index contributed by atoms with van der Waals surface area (Å²) in [5.41, 5.74) is 1.68. The number of cyclic esters (lactones) is 1. The minimum atomic E-state index is -0.473. The van der Waals surface area contributed by atoms with Gasteiger partial charge in [-0.2, -0.15) is 0 Å². The summed E-state index contributed by atoms with van der Waals surface area (Å²) in [6, 6.07) is 9.34. The highest BCUT2D eigenvalue weighted by Crippen LogP contribution is 2.53. The van der Waals surface area contributed by atoms with Gasteiger partial charge in [-0.1, -0.05) is 12.1 Å². The van der Waals surface area contributed by atoms with E-state index < -0.39 is 5.92 Å². The SMILES string of the molecule is COc1cccc([C@@H]2c3cc4c(cc3O[C@H]3COC(=O)[C@H]23)OCO4)c1OC. The van der Waals surface area contributed by atoms with Crippen molar-refractivity contribution in [1.29, 1.82) is 0 Å². The molecule has 2 aromatic carbocycles. The van der Waals surface area contributed by atoms with Crippen LogP contribution in [0, 0.1) is 5.92 Å². The Morgan fingerprint density at radius 2 is 1.78 bits per heavy atom. The maximum absolute atomic E-state index is 12.6. The van der Waals surface area contributed by atoms with E-state index in [1.165, 1.54) is 0 Å². The highest BCUT2D eigenvalue weighted by atomic mass is 16.7. The van der Waals surface area contributed by atoms with Crippen LogP contribution in [0.2, 0.25) is 0 Å². The topological polar surface area (TPSA) is 72.5 Å². The first-order valence-corrected chi connectivity index (χ1v) is 8.69. The summed E-state index contributed by atoms with van der Waals surface area (Å²) in [6.45, 7) is 0.389. The van der Waals surface area contributed by atoms with Crippen molar-refractivity contribution in [3.8, 4) is 28.7 Å². The van der Waals surface area contributed by atoms with Crippen LogP contribution in [-0.2, 0) is 9.53 Å². The number of ether oxygens (including phenoxy) is 6. The van der Waals surface area contributed by atoms with Gasteiger partial charge in [0.1, 0.15) is 24.4 Å². The zero-order chi connectivity index (χ0) is 18.5. The minimum Gasteiger partial charge on any atom is -0.493 e. The van der Waals surface area contributed by atoms with E-state index >= 15 is 0 Å². The molecule has 0 unspecified atom stereocenters. The van der Waals surface area contributed by atoms with Gasteiger partial charge in [-0.25, -0.2) is 0 Å². The third-order valence-corrected chi connectivity index (χ3v) is 5.31. The zero-order valence-corrected chi connectivity index (χ0v) is 14.9. The molecule has 0 N–H and O–H groups in total. The molecule has 140 valence electrons. The highest BCUT2D eigenvalue weighted by molar-refractivity contribution is 5.79. The molecule has 3 aliphatic rings. The fourth-order valence-corrected chi connectivity index (χ4v) is 4.13. The van der Waals surface area contributed by atoms with E-state index in [9.17, 15) is 4.79 Å². The maximum Gasteiger partial charge on any atom is 0.313 e. The lowest BCUT2D eigenvalue weighted by molar-refractivity contribution is -0.141. The summed E-state index contributed by atoms with van der Waals surface area (Å²) in [5.74, 6) is 2.06. The molecule has 0 radical (unpaired) electrons. The highest BCUT2D eigenvalue weighted by Gasteiger charge is 2.50. The monoisotopic (exact) mass is 370 g/mol. The van der Waals surface area contributed by atoms with Crippen LogP contribution in [0.5, 0.6) is 28.7 Å². The third-order valence-electron chi connectivity index (χ3n) is 5.31. The Bertz CT molecular complexity index is 923. The lowest BCUT2D eigenvalue weighted by Crippen LogP contribution is -2.37. The molecule has 3 heterocycles. The minimum absolute atomic E-state index is 0.167. The van der Waals surface area contributed by atoms with Gasteiger partial charge in [-0.15, -0.1) is 0 Å². The van der Waals surface area contributed by atoms with Gasteiger partial charge in [0.25, 0.3) is 0 Å². The molecule has 1 fully saturated rings. The number of benzene rings is 2. The standard InChI is InChI=1S/C20H18O7/c1-22-12-5-3-4-10(19(12)23-2)17-11-6-14-15(26-9-25-14)7-13(11)27-16-8-24-20(21)18(16)17/h3-7,16-18H,8-9H2,1-2H3/t16-,17+,18-/m0/s1. The second-order valence-electron chi connectivity index (χ2n) is 6.62. The smallest absolute Gasteiger partial charge is 0.313 e. The van der Waals surface area contributed by atoms with Crippen molar-refractivity contribution < 1.29 is 33.2 Å². The molecule has 2 aromatic rings. The first-order valence-electron chi connectivity index (χ1n) is 8.69. The summed E-state index contributed by atoms with van der Waals surface area (Å²) in [5, 5.41) is 0. The van der Waals surface area contributed by atoms with Crippen molar-refractivity contribution in [2.75, 3.05) is 27.6 Å². The number of methoxy groups -OCH3 is 2. The number of hydrogen-bond donors (Lipinski definition) is 0. The lowest BCUT2D eigenvalue weighted by atomic mass is 9.76. The number of fused-ring (bicyclic) bond motifs is 3. The van der Waals surface area contributed by atoms with E-state index in [2.05, 4.69) is 0 Å². The molecule has 7 nitrogen and oxygen atoms in total. The molecule has 1 saturated heterocycles. The summed E-state index contributed by atoms with van der Waals surface area (Å²) >= 11 is 0. The van der Waals surface area contributed by atoms with Crippen LogP contribution in [0.15, 0.2) is 30.3 Å². The van der Waals surface area contributed by atoms with E-state index in [1.54, 1.807) is 14.2 Å². The summed E-state index contributed by atoms with van der Waals surface area (Å²) < 4.78 is 33.5. The Kier molecular flexibility index (Phi) is 3.56. The van der Waals surface area contributed by atoms with Crippen LogP contribution in [0.4, 0.5) is 0 Å². The van der Waals surface area contributed by atoms with Crippen molar-refractivity contribution in [3.63, 3.8) is 0 Å². The number of para-hydroxylation sites is 1. The Balaban J connectivity index is 1.74. The zero-order valence-electron chi connectivity index (χ0n) is 14.9. The van der Waals surface area contributed by atoms with Crippen LogP contribution in [0.25, 0.3) is 0 Å². The predicted octanol–water partition coefficient (Wildman–Crippen LogP) is 2.50. The average molecular weight is 370 g/mol. The number of carbonyl (C=O) groups excluding carboxylic acids is 1. The molecule has 0 aromatic heterocycles. The van der Waals surface area contributed by atoms with Gasteiger partial charge in [0.15, 0.2) is 23.0 Å². The van der Waals surface area contributed by atoms with Gasteiger partial charge < -0.3 is 28.4 Å². The van der Waals surface area contributed by atoms with Gasteiger partial charge in [0.05, 0.1) is 14.2 Å². The van der Waals surface area contributed by atoms with Gasteiger partial charge >= 0.3 is 5.97 Å². The van der Waals surface area contributed by atoms with Crippen molar-refractivity contribution in [2.45, 2.75) is 12.0 Å². The molecule has 0 saturated carbocycles. The van der Waals surface area contributed by atoms with Gasteiger partial charge in [-0.3, -0.25) is 4.79 Å². The fourth-order valence-electron chi connectivity index (χ4n) is 4.13. The second-order valence-corrected chi connectivity index (χ2v) is 6.62. The molecule has 7 heteroatoms. The molecule has 5 rings (SSSR count). The lowest BCUT2D eigenvalue weighted by Gasteiger charge is -2.34. The number of rotatable bonds is 3. The Hall–Kier alpha value is -3.09. The normalized spacial score (nSPS) is 24.5. The van der Waals surface area contributed by atoms with Crippen LogP contribution in [0.1, 0.15) is 17.0 Å². The Morgan fingerprint density at radius 1 is 0.963 bits per heavy atom. The molecule has 3 atom stereocenters. The first kappa shape index (κ1) is 16.1. The summed E-state index contributed by atoms with van der Waals surface area (Å²) in [7, 11) is 3.18. The van der Waals surface area contributed by atoms with Crippen molar-refractivity contribution in [2.24, 2.45) is 5.92 Å². The summed E-state index contributed by atoms with van der Waals surface area (Å²) in [4.78, 5) is 12.6. The molecule has 0 bridgehead atoms. The third kappa shape index (κ3) is 2.31. The van der Waals surface area contributed by atoms with Gasteiger partial charge in [0.2, 0.25) is 6.79 Å². The predicted molar refractivity (Wildman–Crippen MR) is 92.8 cm³/mol. The first-order chi connectivity index (χ1) is 13.2. The second kappa shape index (κ2) is 5.97. The van der Waals surface area contributed by atoms with Crippen LogP contribution in [-0.4, -0.2) is 39.7 Å². The van der Waals surface area contributed by atoms with E-state index in [0.717, 1.165) is 11.1 Å². The fraction of sp³-hybridized carbons (Fsp3) is 0.350. The van der Waals surface area contributed by atoms with E-state index in [4.69, 9.17) is 28.4 Å². The van der Waals surface area contributed by atoms with Gasteiger partial charge in [0, 0.05) is 23.1 Å². The van der Waals surface area contributed by atoms with E-state index in [1.807, 2.05) is 30.3 Å². The molecular formula is C20H18O7. The van der Waals surface area contributed by atoms with Crippen molar-refractivity contribution in [1.82, 2.24) is 0 Å². The van der Waals surface area contributed by atoms with Crippen LogP contribution in [0.3, 0.4) is 0 Å². The molecule has 0 aliphatic carbocycles. The molecule has 0 spiro atoms. The quantitative estimate of drug-likeness (QED) is 0.769. The maximum atomic E-state index is 12.6. The van der Waals surface area contributed by atoms with Crippen LogP contribution >= 0.6 is 0 Å². The average Bonchev–Trinajstić information content (AvgIpc) is 3.30. The molecule has 3 aliphatic heterocycles. The Labute approximate surface area is 155 Å². The molecule has 27 heavy (non-hydrogen) atoms.